The molecule has 23 heavy (non-hydrogen) atoms. The first-order valence-electron chi connectivity index (χ1n) is 6.29. The normalized spacial score (nSPS) is 11.2. The Bertz CT molecular complexity index is 748. The van der Waals surface area contributed by atoms with Gasteiger partial charge in [-0.25, -0.2) is 15.1 Å². The molecule has 0 spiro atoms. The van der Waals surface area contributed by atoms with Crippen LogP contribution in [0.3, 0.4) is 0 Å². The average Bonchev–Trinajstić information content (AvgIpc) is 2.91. The molecule has 2 heterocycles. The van der Waals surface area contributed by atoms with Gasteiger partial charge in [-0.1, -0.05) is 0 Å². The van der Waals surface area contributed by atoms with Crippen LogP contribution < -0.4 is 5.43 Å². The molecule has 122 valence electrons. The molecule has 0 aliphatic heterocycles. The van der Waals surface area contributed by atoms with Gasteiger partial charge in [0.1, 0.15) is 0 Å². The van der Waals surface area contributed by atoms with E-state index in [1.165, 1.54) is 18.3 Å². The second-order valence-corrected chi connectivity index (χ2v) is 5.57. The molecule has 1 amide bonds. The molecule has 2 aromatic heterocycles. The first-order chi connectivity index (χ1) is 10.7. The Morgan fingerprint density at radius 1 is 1.35 bits per heavy atom. The highest BCUT2D eigenvalue weighted by atomic mass is 79.9. The van der Waals surface area contributed by atoms with Crippen molar-refractivity contribution in [2.45, 2.75) is 20.0 Å². The van der Waals surface area contributed by atoms with E-state index in [1.54, 1.807) is 13.8 Å². The molecule has 10 heteroatoms. The van der Waals surface area contributed by atoms with Gasteiger partial charge >= 0.3 is 6.18 Å². The average molecular weight is 390 g/mol. The van der Waals surface area contributed by atoms with Crippen LogP contribution in [0.5, 0.6) is 0 Å². The van der Waals surface area contributed by atoms with Crippen molar-refractivity contribution in [2.24, 2.45) is 5.10 Å². The minimum atomic E-state index is -4.69. The lowest BCUT2D eigenvalue weighted by Crippen LogP contribution is -2.19. The van der Waals surface area contributed by atoms with Crippen LogP contribution >= 0.6 is 15.9 Å². The molecule has 1 N–H and O–H groups in total. The zero-order chi connectivity index (χ0) is 17.2. The molecule has 6 nitrogen and oxygen atoms in total. The van der Waals surface area contributed by atoms with Crippen molar-refractivity contribution in [2.75, 3.05) is 0 Å². The number of carbonyl (C=O) groups excluding carboxylic acids is 1. The molecule has 2 rings (SSSR count). The van der Waals surface area contributed by atoms with Crippen molar-refractivity contribution in [1.29, 1.82) is 0 Å². The third-order valence-corrected chi connectivity index (χ3v) is 3.01. The number of carbonyl (C=O) groups is 1. The smallest absolute Gasteiger partial charge is 0.265 e. The standard InChI is InChI=1S/C13H11BrF3N5O/c1-7(2)19-20-12(23)9-5-10(13(15,16)17)22(21-9)11-4-3-8(14)6-18-11/h3-6H,1-2H3,(H,20,23). The van der Waals surface area contributed by atoms with Crippen molar-refractivity contribution in [3.8, 4) is 5.82 Å². The van der Waals surface area contributed by atoms with Gasteiger partial charge in [-0.2, -0.15) is 23.4 Å². The van der Waals surface area contributed by atoms with E-state index < -0.39 is 23.5 Å². The van der Waals surface area contributed by atoms with Crippen LogP contribution in [0.2, 0.25) is 0 Å². The van der Waals surface area contributed by atoms with Gasteiger partial charge in [0.05, 0.1) is 0 Å². The van der Waals surface area contributed by atoms with Gasteiger partial charge in [-0.05, 0) is 41.9 Å². The van der Waals surface area contributed by atoms with E-state index in [1.807, 2.05) is 0 Å². The topological polar surface area (TPSA) is 72.2 Å². The predicted octanol–water partition coefficient (Wildman–Crippen LogP) is 3.17. The van der Waals surface area contributed by atoms with Gasteiger partial charge in [0.2, 0.25) is 0 Å². The fourth-order valence-electron chi connectivity index (χ4n) is 1.58. The van der Waals surface area contributed by atoms with Crippen LogP contribution in [-0.4, -0.2) is 26.4 Å². The summed E-state index contributed by atoms with van der Waals surface area (Å²) >= 11 is 3.15. The maximum absolute atomic E-state index is 13.1. The highest BCUT2D eigenvalue weighted by Crippen LogP contribution is 2.31. The van der Waals surface area contributed by atoms with Gasteiger partial charge in [0, 0.05) is 22.4 Å². The largest absolute Gasteiger partial charge is 0.433 e. The van der Waals surface area contributed by atoms with Gasteiger partial charge in [-0.15, -0.1) is 0 Å². The fraction of sp³-hybridized carbons (Fsp3) is 0.231. The molecule has 0 aromatic carbocycles. The Balaban J connectivity index is 2.47. The Kier molecular flexibility index (Phi) is 4.83. The molecule has 0 aliphatic carbocycles. The van der Waals surface area contributed by atoms with Crippen molar-refractivity contribution in [3.05, 3.63) is 40.3 Å². The van der Waals surface area contributed by atoms with Gasteiger partial charge < -0.3 is 0 Å². The number of nitrogens with zero attached hydrogens (tertiary/aromatic N) is 4. The summed E-state index contributed by atoms with van der Waals surface area (Å²) < 4.78 is 40.6. The Hall–Kier alpha value is -2.23. The molecule has 0 unspecified atom stereocenters. The highest BCUT2D eigenvalue weighted by molar-refractivity contribution is 9.10. The molecule has 0 atom stereocenters. The van der Waals surface area contributed by atoms with E-state index in [2.05, 4.69) is 36.5 Å². The van der Waals surface area contributed by atoms with Crippen LogP contribution in [0.4, 0.5) is 13.2 Å². The maximum Gasteiger partial charge on any atom is 0.433 e. The monoisotopic (exact) mass is 389 g/mol. The van der Waals surface area contributed by atoms with Crippen molar-refractivity contribution in [1.82, 2.24) is 20.2 Å². The summed E-state index contributed by atoms with van der Waals surface area (Å²) in [5.74, 6) is -0.901. The maximum atomic E-state index is 13.1. The number of hydrogen-bond acceptors (Lipinski definition) is 4. The van der Waals surface area contributed by atoms with Gasteiger partial charge in [0.25, 0.3) is 5.91 Å². The van der Waals surface area contributed by atoms with E-state index in [0.717, 1.165) is 0 Å². The number of halogens is 4. The Labute approximate surface area is 137 Å². The van der Waals surface area contributed by atoms with Crippen LogP contribution in [-0.2, 0) is 6.18 Å². The second-order valence-electron chi connectivity index (χ2n) is 4.66. The van der Waals surface area contributed by atoms with E-state index in [9.17, 15) is 18.0 Å². The number of amides is 1. The van der Waals surface area contributed by atoms with Gasteiger partial charge in [-0.3, -0.25) is 4.79 Å². The van der Waals surface area contributed by atoms with Crippen molar-refractivity contribution in [3.63, 3.8) is 0 Å². The lowest BCUT2D eigenvalue weighted by atomic mass is 10.3. The van der Waals surface area contributed by atoms with E-state index in [4.69, 9.17) is 0 Å². The summed E-state index contributed by atoms with van der Waals surface area (Å²) in [5, 5.41) is 7.34. The number of pyridine rings is 1. The van der Waals surface area contributed by atoms with E-state index in [-0.39, 0.29) is 5.82 Å². The predicted molar refractivity (Wildman–Crippen MR) is 80.3 cm³/mol. The summed E-state index contributed by atoms with van der Waals surface area (Å²) in [4.78, 5) is 15.7. The first kappa shape index (κ1) is 17.1. The number of hydrazone groups is 1. The zero-order valence-corrected chi connectivity index (χ0v) is 13.6. The molecule has 2 aromatic rings. The van der Waals surface area contributed by atoms with Crippen LogP contribution in [0, 0.1) is 0 Å². The summed E-state index contributed by atoms with van der Waals surface area (Å²) in [7, 11) is 0. The van der Waals surface area contributed by atoms with Crippen LogP contribution in [0.25, 0.3) is 5.82 Å². The minimum absolute atomic E-state index is 0.0604. The van der Waals surface area contributed by atoms with Crippen LogP contribution in [0.1, 0.15) is 30.0 Å². The van der Waals surface area contributed by atoms with Crippen molar-refractivity contribution >= 4 is 27.5 Å². The summed E-state index contributed by atoms with van der Waals surface area (Å²) in [5.41, 5.74) is 1.16. The molecule has 0 saturated carbocycles. The Morgan fingerprint density at radius 3 is 2.57 bits per heavy atom. The Morgan fingerprint density at radius 2 is 2.04 bits per heavy atom. The molecule has 0 radical (unpaired) electrons. The SMILES string of the molecule is CC(C)=NNC(=O)c1cc(C(F)(F)F)n(-c2ccc(Br)cn2)n1. The lowest BCUT2D eigenvalue weighted by molar-refractivity contribution is -0.142. The number of alkyl halides is 3. The molecular weight excluding hydrogens is 379 g/mol. The zero-order valence-electron chi connectivity index (χ0n) is 12.0. The molecule has 0 fully saturated rings. The summed E-state index contributed by atoms with van der Waals surface area (Å²) in [6.07, 6.45) is -3.36. The van der Waals surface area contributed by atoms with E-state index >= 15 is 0 Å². The number of nitrogens with one attached hydrogen (secondary N) is 1. The number of hydrogen-bond donors (Lipinski definition) is 1. The minimum Gasteiger partial charge on any atom is -0.265 e. The quantitative estimate of drug-likeness (QED) is 0.647. The molecular formula is C13H11BrF3N5O. The highest BCUT2D eigenvalue weighted by Gasteiger charge is 2.37. The molecule has 0 aliphatic rings. The first-order valence-corrected chi connectivity index (χ1v) is 7.08. The number of aromatic nitrogens is 3. The molecule has 0 saturated heterocycles. The molecule has 0 bridgehead atoms. The van der Waals surface area contributed by atoms with Crippen molar-refractivity contribution < 1.29 is 18.0 Å². The second kappa shape index (κ2) is 6.49. The van der Waals surface area contributed by atoms with E-state index in [0.29, 0.717) is 20.9 Å². The summed E-state index contributed by atoms with van der Waals surface area (Å²) in [6.45, 7) is 3.26. The lowest BCUT2D eigenvalue weighted by Gasteiger charge is -2.09. The number of rotatable bonds is 3. The summed E-state index contributed by atoms with van der Waals surface area (Å²) in [6, 6.07) is 3.52. The third-order valence-electron chi connectivity index (χ3n) is 2.54. The fourth-order valence-corrected chi connectivity index (χ4v) is 1.82. The third kappa shape index (κ3) is 4.15. The van der Waals surface area contributed by atoms with Gasteiger partial charge in [0.15, 0.2) is 17.2 Å². The van der Waals surface area contributed by atoms with Crippen LogP contribution in [0.15, 0.2) is 34.0 Å².